The van der Waals surface area contributed by atoms with Crippen molar-refractivity contribution in [2.75, 3.05) is 11.6 Å². The molecular weight excluding hydrogens is 187 g/mol. The molecule has 0 rings (SSSR count). The molecule has 0 amide bonds. The maximum atomic E-state index is 9.99. The highest BCUT2D eigenvalue weighted by Gasteiger charge is 1.85. The van der Waals surface area contributed by atoms with Crippen molar-refractivity contribution < 1.29 is 4.21 Å². The first-order valence-corrected chi connectivity index (χ1v) is 5.07. The lowest BCUT2D eigenvalue weighted by atomic mass is 11.0. The third kappa shape index (κ3) is 4.92. The summed E-state index contributed by atoms with van der Waals surface area (Å²) in [6.45, 7) is 0. The zero-order chi connectivity index (χ0) is 4.99. The molecule has 4 heteroatoms. The smallest absolute Gasteiger partial charge is 0.0907 e. The van der Waals surface area contributed by atoms with E-state index < -0.39 is 9.23 Å². The molecule has 0 aliphatic rings. The van der Waals surface area contributed by atoms with E-state index in [4.69, 9.17) is 11.6 Å². The first-order valence-electron chi connectivity index (χ1n) is 1.38. The van der Waals surface area contributed by atoms with E-state index in [1.165, 1.54) is 0 Å². The van der Waals surface area contributed by atoms with E-state index in [-0.39, 0.29) is 0 Å². The Morgan fingerprint density at radius 3 is 2.33 bits per heavy atom. The SMILES string of the molecule is O=S(Br)CCCl. The Balaban J connectivity index is 2.83. The molecule has 1 unspecified atom stereocenters. The van der Waals surface area contributed by atoms with Gasteiger partial charge in [-0.1, -0.05) is 0 Å². The van der Waals surface area contributed by atoms with Crippen LogP contribution in [0.5, 0.6) is 0 Å². The average molecular weight is 191 g/mol. The van der Waals surface area contributed by atoms with E-state index in [1.807, 2.05) is 0 Å². The van der Waals surface area contributed by atoms with Gasteiger partial charge in [-0.15, -0.1) is 11.6 Å². The maximum Gasteiger partial charge on any atom is 0.0907 e. The fourth-order valence-electron chi connectivity index (χ4n) is 0.0607. The molecule has 0 heterocycles. The summed E-state index contributed by atoms with van der Waals surface area (Å²) in [7, 11) is -0.885. The molecule has 0 aliphatic carbocycles. The Morgan fingerprint density at radius 2 is 2.33 bits per heavy atom. The van der Waals surface area contributed by atoms with Crippen molar-refractivity contribution in [2.24, 2.45) is 0 Å². The maximum absolute atomic E-state index is 9.99. The molecule has 1 nitrogen and oxygen atoms in total. The molecule has 0 N–H and O–H groups in total. The van der Waals surface area contributed by atoms with E-state index >= 15 is 0 Å². The van der Waals surface area contributed by atoms with Gasteiger partial charge in [0.2, 0.25) is 0 Å². The molecule has 0 aliphatic heterocycles. The van der Waals surface area contributed by atoms with Gasteiger partial charge in [-0.2, -0.15) is 0 Å². The number of hydrogen-bond donors (Lipinski definition) is 0. The Morgan fingerprint density at radius 1 is 1.83 bits per heavy atom. The molecule has 0 spiro atoms. The van der Waals surface area contributed by atoms with Crippen molar-refractivity contribution in [3.05, 3.63) is 0 Å². The predicted octanol–water partition coefficient (Wildman–Crippen LogP) is 1.28. The van der Waals surface area contributed by atoms with E-state index in [2.05, 4.69) is 14.8 Å². The van der Waals surface area contributed by atoms with Gasteiger partial charge in [0, 0.05) is 26.4 Å². The molecule has 0 aromatic heterocycles. The average Bonchev–Trinajstić information content (AvgIpc) is 1.35. The normalized spacial score (nSPS) is 14.3. The zero-order valence-corrected chi connectivity index (χ0v) is 6.15. The van der Waals surface area contributed by atoms with Crippen molar-refractivity contribution in [1.82, 2.24) is 0 Å². The molecule has 0 radical (unpaired) electrons. The van der Waals surface area contributed by atoms with E-state index in [0.717, 1.165) is 0 Å². The van der Waals surface area contributed by atoms with Crippen molar-refractivity contribution in [1.29, 1.82) is 0 Å². The first kappa shape index (κ1) is 6.92. The van der Waals surface area contributed by atoms with Gasteiger partial charge in [0.1, 0.15) is 0 Å². The lowest BCUT2D eigenvalue weighted by Gasteiger charge is -1.78. The van der Waals surface area contributed by atoms with Gasteiger partial charge in [0.05, 0.1) is 9.23 Å². The lowest BCUT2D eigenvalue weighted by molar-refractivity contribution is 0.693. The Labute approximate surface area is 51.7 Å². The summed E-state index contributed by atoms with van der Waals surface area (Å²) in [5.74, 6) is 0.986. The highest BCUT2D eigenvalue weighted by molar-refractivity contribution is 9.46. The Hall–Kier alpha value is 0.920. The summed E-state index contributed by atoms with van der Waals surface area (Å²) in [5, 5.41) is 0. The third-order valence-corrected chi connectivity index (χ3v) is 2.15. The van der Waals surface area contributed by atoms with Crippen LogP contribution in [0.4, 0.5) is 0 Å². The molecule has 0 aromatic rings. The second-order valence-corrected chi connectivity index (χ2v) is 4.22. The van der Waals surface area contributed by atoms with Crippen molar-refractivity contribution in [2.45, 2.75) is 0 Å². The van der Waals surface area contributed by atoms with E-state index in [0.29, 0.717) is 11.6 Å². The minimum absolute atomic E-state index is 0.456. The summed E-state index contributed by atoms with van der Waals surface area (Å²) >= 11 is 8.00. The van der Waals surface area contributed by atoms with Gasteiger partial charge < -0.3 is 0 Å². The van der Waals surface area contributed by atoms with Crippen LogP contribution in [0.25, 0.3) is 0 Å². The molecular formula is C2H4BrClOS. The van der Waals surface area contributed by atoms with Crippen LogP contribution >= 0.6 is 26.4 Å². The molecule has 0 saturated heterocycles. The number of halogens is 2. The van der Waals surface area contributed by atoms with Gasteiger partial charge in [-0.25, -0.2) is 4.21 Å². The second-order valence-electron chi connectivity index (χ2n) is 0.683. The predicted molar refractivity (Wildman–Crippen MR) is 32.7 cm³/mol. The zero-order valence-electron chi connectivity index (χ0n) is 2.99. The minimum Gasteiger partial charge on any atom is -0.247 e. The van der Waals surface area contributed by atoms with Crippen LogP contribution in [0.3, 0.4) is 0 Å². The van der Waals surface area contributed by atoms with Crippen LogP contribution in [0.1, 0.15) is 0 Å². The lowest BCUT2D eigenvalue weighted by Crippen LogP contribution is -1.86. The van der Waals surface area contributed by atoms with Gasteiger partial charge in [0.15, 0.2) is 0 Å². The summed E-state index contributed by atoms with van der Waals surface area (Å²) in [4.78, 5) is 0. The quantitative estimate of drug-likeness (QED) is 0.475. The number of alkyl halides is 1. The van der Waals surface area contributed by atoms with Crippen LogP contribution in [0.2, 0.25) is 0 Å². The monoisotopic (exact) mass is 190 g/mol. The molecule has 1 atom stereocenters. The highest BCUT2D eigenvalue weighted by Crippen LogP contribution is 1.91. The highest BCUT2D eigenvalue weighted by atomic mass is 79.9. The number of rotatable bonds is 2. The Bertz CT molecular complexity index is 57.5. The Kier molecular flexibility index (Phi) is 4.72. The molecule has 0 aromatic carbocycles. The summed E-state index contributed by atoms with van der Waals surface area (Å²) in [5.41, 5.74) is 0. The fraction of sp³-hybridized carbons (Fsp3) is 1.00. The van der Waals surface area contributed by atoms with Crippen molar-refractivity contribution in [3.63, 3.8) is 0 Å². The van der Waals surface area contributed by atoms with Crippen LogP contribution in [0.15, 0.2) is 0 Å². The first-order chi connectivity index (χ1) is 2.77. The van der Waals surface area contributed by atoms with E-state index in [1.54, 1.807) is 0 Å². The molecule has 0 saturated carbocycles. The molecule has 38 valence electrons. The molecule has 0 bridgehead atoms. The minimum atomic E-state index is -0.885. The topological polar surface area (TPSA) is 17.1 Å². The number of hydrogen-bond acceptors (Lipinski definition) is 1. The second kappa shape index (κ2) is 4.09. The standard InChI is InChI=1S/C2H4BrClOS/c3-6(5)2-1-4/h1-2H2. The van der Waals surface area contributed by atoms with Crippen LogP contribution in [-0.4, -0.2) is 15.8 Å². The van der Waals surface area contributed by atoms with Crippen LogP contribution in [0, 0.1) is 0 Å². The summed E-state index contributed by atoms with van der Waals surface area (Å²) in [6, 6.07) is 0. The largest absolute Gasteiger partial charge is 0.247 e. The van der Waals surface area contributed by atoms with Gasteiger partial charge in [0.25, 0.3) is 0 Å². The van der Waals surface area contributed by atoms with Gasteiger partial charge >= 0.3 is 0 Å². The summed E-state index contributed by atoms with van der Waals surface area (Å²) in [6.07, 6.45) is 0. The third-order valence-electron chi connectivity index (χ3n) is 0.238. The summed E-state index contributed by atoms with van der Waals surface area (Å²) < 4.78 is 9.99. The fourth-order valence-corrected chi connectivity index (χ4v) is 1.65. The van der Waals surface area contributed by atoms with Gasteiger partial charge in [-0.05, 0) is 0 Å². The van der Waals surface area contributed by atoms with Crippen LogP contribution < -0.4 is 0 Å². The van der Waals surface area contributed by atoms with Crippen molar-refractivity contribution >= 4 is 35.6 Å². The van der Waals surface area contributed by atoms with E-state index in [9.17, 15) is 4.21 Å². The van der Waals surface area contributed by atoms with Gasteiger partial charge in [-0.3, -0.25) is 0 Å². The molecule has 0 fully saturated rings. The molecule has 6 heavy (non-hydrogen) atoms. The van der Waals surface area contributed by atoms with Crippen LogP contribution in [-0.2, 0) is 9.23 Å². The van der Waals surface area contributed by atoms with Crippen molar-refractivity contribution in [3.8, 4) is 0 Å².